The zero-order valence-corrected chi connectivity index (χ0v) is 13.0. The molecule has 0 N–H and O–H groups in total. The normalized spacial score (nSPS) is 10.9. The predicted octanol–water partition coefficient (Wildman–Crippen LogP) is 2.26. The number of benzene rings is 1. The molecule has 6 nitrogen and oxygen atoms in total. The molecule has 0 aliphatic carbocycles. The van der Waals surface area contributed by atoms with Crippen molar-refractivity contribution in [1.29, 1.82) is 0 Å². The van der Waals surface area contributed by atoms with E-state index in [0.717, 1.165) is 29.4 Å². The maximum Gasteiger partial charge on any atom is 0.254 e. The highest BCUT2D eigenvalue weighted by molar-refractivity contribution is 5.46. The standard InChI is InChI=1S/C16H19N5O/c1-12-6-4-5-7-14(12)22-9-8-20(3)15-10-13(2)19-16-17-11-18-21(15)16/h4-7,10-11H,8-9H2,1-3H3. The Bertz CT molecular complexity index is 783. The van der Waals surface area contributed by atoms with Crippen molar-refractivity contribution >= 4 is 11.6 Å². The Labute approximate surface area is 129 Å². The third-order valence-electron chi connectivity index (χ3n) is 3.53. The van der Waals surface area contributed by atoms with E-state index < -0.39 is 0 Å². The van der Waals surface area contributed by atoms with E-state index in [9.17, 15) is 0 Å². The van der Waals surface area contributed by atoms with Gasteiger partial charge in [-0.3, -0.25) is 0 Å². The first-order chi connectivity index (χ1) is 10.6. The average molecular weight is 297 g/mol. The van der Waals surface area contributed by atoms with Gasteiger partial charge in [-0.25, -0.2) is 4.98 Å². The summed E-state index contributed by atoms with van der Waals surface area (Å²) in [7, 11) is 2.01. The summed E-state index contributed by atoms with van der Waals surface area (Å²) in [5, 5.41) is 4.22. The molecule has 0 spiro atoms. The van der Waals surface area contributed by atoms with Crippen LogP contribution in [-0.4, -0.2) is 39.8 Å². The van der Waals surface area contributed by atoms with Crippen LogP contribution >= 0.6 is 0 Å². The van der Waals surface area contributed by atoms with Crippen molar-refractivity contribution in [3.8, 4) is 5.75 Å². The van der Waals surface area contributed by atoms with E-state index in [1.807, 2.05) is 51.2 Å². The van der Waals surface area contributed by atoms with E-state index in [2.05, 4.69) is 20.0 Å². The summed E-state index contributed by atoms with van der Waals surface area (Å²) in [6, 6.07) is 10.0. The van der Waals surface area contributed by atoms with Gasteiger partial charge < -0.3 is 9.64 Å². The highest BCUT2D eigenvalue weighted by Gasteiger charge is 2.10. The molecule has 0 amide bonds. The van der Waals surface area contributed by atoms with E-state index in [1.54, 1.807) is 4.52 Å². The van der Waals surface area contributed by atoms with Gasteiger partial charge >= 0.3 is 0 Å². The van der Waals surface area contributed by atoms with Crippen LogP contribution in [-0.2, 0) is 0 Å². The molecular formula is C16H19N5O. The van der Waals surface area contributed by atoms with Crippen LogP contribution in [0.2, 0.25) is 0 Å². The summed E-state index contributed by atoms with van der Waals surface area (Å²) in [6.45, 7) is 5.34. The lowest BCUT2D eigenvalue weighted by Crippen LogP contribution is -2.26. The van der Waals surface area contributed by atoms with Crippen LogP contribution in [0.4, 0.5) is 5.82 Å². The zero-order chi connectivity index (χ0) is 15.5. The molecule has 114 valence electrons. The fourth-order valence-corrected chi connectivity index (χ4v) is 2.31. The molecule has 0 aliphatic heterocycles. The van der Waals surface area contributed by atoms with Crippen molar-refractivity contribution < 1.29 is 4.74 Å². The Morgan fingerprint density at radius 1 is 1.23 bits per heavy atom. The van der Waals surface area contributed by atoms with Gasteiger partial charge in [0, 0.05) is 18.8 Å². The number of aryl methyl sites for hydroxylation is 2. The lowest BCUT2D eigenvalue weighted by Gasteiger charge is -2.20. The van der Waals surface area contributed by atoms with Crippen molar-refractivity contribution in [1.82, 2.24) is 19.6 Å². The molecule has 3 rings (SSSR count). The smallest absolute Gasteiger partial charge is 0.254 e. The van der Waals surface area contributed by atoms with Crippen LogP contribution in [0.5, 0.6) is 5.75 Å². The minimum absolute atomic E-state index is 0.596. The average Bonchev–Trinajstić information content (AvgIpc) is 2.96. The second-order valence-corrected chi connectivity index (χ2v) is 5.26. The van der Waals surface area contributed by atoms with E-state index >= 15 is 0 Å². The van der Waals surface area contributed by atoms with Crippen molar-refractivity contribution in [2.75, 3.05) is 25.1 Å². The lowest BCUT2D eigenvalue weighted by atomic mass is 10.2. The molecule has 0 saturated heterocycles. The van der Waals surface area contributed by atoms with Gasteiger partial charge in [-0.2, -0.15) is 14.6 Å². The molecular weight excluding hydrogens is 278 g/mol. The molecule has 6 heteroatoms. The fraction of sp³-hybridized carbons (Fsp3) is 0.312. The first-order valence-electron chi connectivity index (χ1n) is 7.22. The van der Waals surface area contributed by atoms with E-state index in [1.165, 1.54) is 6.33 Å². The zero-order valence-electron chi connectivity index (χ0n) is 13.0. The van der Waals surface area contributed by atoms with Gasteiger partial charge in [0.25, 0.3) is 5.78 Å². The summed E-state index contributed by atoms with van der Waals surface area (Å²) < 4.78 is 7.59. The van der Waals surface area contributed by atoms with Crippen LogP contribution < -0.4 is 9.64 Å². The molecule has 0 radical (unpaired) electrons. The molecule has 3 aromatic rings. The molecule has 2 aromatic heterocycles. The second-order valence-electron chi connectivity index (χ2n) is 5.26. The van der Waals surface area contributed by atoms with Crippen molar-refractivity contribution in [3.05, 3.63) is 47.9 Å². The molecule has 0 unspecified atom stereocenters. The number of fused-ring (bicyclic) bond motifs is 1. The second kappa shape index (κ2) is 6.01. The monoisotopic (exact) mass is 297 g/mol. The number of para-hydroxylation sites is 1. The minimum atomic E-state index is 0.596. The van der Waals surface area contributed by atoms with Gasteiger partial charge in [-0.1, -0.05) is 18.2 Å². The molecule has 0 aliphatic rings. The van der Waals surface area contributed by atoms with Gasteiger partial charge in [0.15, 0.2) is 0 Å². The van der Waals surface area contributed by atoms with E-state index in [4.69, 9.17) is 4.74 Å². The SMILES string of the molecule is Cc1cc(N(C)CCOc2ccccc2C)n2ncnc2n1. The number of nitrogens with zero attached hydrogens (tertiary/aromatic N) is 5. The summed E-state index contributed by atoms with van der Waals surface area (Å²) in [6.07, 6.45) is 1.52. The highest BCUT2D eigenvalue weighted by atomic mass is 16.5. The maximum absolute atomic E-state index is 5.85. The van der Waals surface area contributed by atoms with Gasteiger partial charge in [0.05, 0.1) is 6.54 Å². The molecule has 0 fully saturated rings. The number of aromatic nitrogens is 4. The Kier molecular flexibility index (Phi) is 3.91. The summed E-state index contributed by atoms with van der Waals surface area (Å²) in [5.41, 5.74) is 2.06. The lowest BCUT2D eigenvalue weighted by molar-refractivity contribution is 0.323. The molecule has 0 saturated carbocycles. The summed E-state index contributed by atoms with van der Waals surface area (Å²) in [5.74, 6) is 2.49. The Balaban J connectivity index is 1.70. The molecule has 22 heavy (non-hydrogen) atoms. The quantitative estimate of drug-likeness (QED) is 0.723. The van der Waals surface area contributed by atoms with Gasteiger partial charge in [-0.05, 0) is 25.5 Å². The van der Waals surface area contributed by atoms with Gasteiger partial charge in [-0.15, -0.1) is 0 Å². The maximum atomic E-state index is 5.85. The topological polar surface area (TPSA) is 55.6 Å². The Hall–Kier alpha value is -2.63. The number of hydrogen-bond acceptors (Lipinski definition) is 5. The van der Waals surface area contributed by atoms with Crippen LogP contribution in [0.1, 0.15) is 11.3 Å². The minimum Gasteiger partial charge on any atom is -0.491 e. The predicted molar refractivity (Wildman–Crippen MR) is 85.5 cm³/mol. The molecule has 0 bridgehead atoms. The van der Waals surface area contributed by atoms with Crippen LogP contribution in [0.15, 0.2) is 36.7 Å². The van der Waals surface area contributed by atoms with Crippen LogP contribution in [0.3, 0.4) is 0 Å². The van der Waals surface area contributed by atoms with E-state index in [0.29, 0.717) is 12.4 Å². The highest BCUT2D eigenvalue weighted by Crippen LogP contribution is 2.17. The number of rotatable bonds is 5. The fourth-order valence-electron chi connectivity index (χ4n) is 2.31. The van der Waals surface area contributed by atoms with Crippen molar-refractivity contribution in [3.63, 3.8) is 0 Å². The first-order valence-corrected chi connectivity index (χ1v) is 7.22. The third kappa shape index (κ3) is 2.86. The number of hydrogen-bond donors (Lipinski definition) is 0. The summed E-state index contributed by atoms with van der Waals surface area (Å²) in [4.78, 5) is 10.6. The number of likely N-dealkylation sites (N-methyl/N-ethyl adjacent to an activating group) is 1. The van der Waals surface area contributed by atoms with Crippen LogP contribution in [0.25, 0.3) is 5.78 Å². The summed E-state index contributed by atoms with van der Waals surface area (Å²) >= 11 is 0. The third-order valence-corrected chi connectivity index (χ3v) is 3.53. The number of ether oxygens (including phenoxy) is 1. The van der Waals surface area contributed by atoms with Crippen LogP contribution in [0, 0.1) is 13.8 Å². The molecule has 0 atom stereocenters. The first kappa shape index (κ1) is 14.3. The largest absolute Gasteiger partial charge is 0.491 e. The van der Waals surface area contributed by atoms with Crippen molar-refractivity contribution in [2.45, 2.75) is 13.8 Å². The molecule has 1 aromatic carbocycles. The Morgan fingerprint density at radius 2 is 2.05 bits per heavy atom. The molecule has 2 heterocycles. The van der Waals surface area contributed by atoms with Gasteiger partial charge in [0.1, 0.15) is 24.5 Å². The van der Waals surface area contributed by atoms with Gasteiger partial charge in [0.2, 0.25) is 0 Å². The van der Waals surface area contributed by atoms with Crippen molar-refractivity contribution in [2.24, 2.45) is 0 Å². The Morgan fingerprint density at radius 3 is 2.86 bits per heavy atom. The number of anilines is 1. The van der Waals surface area contributed by atoms with E-state index in [-0.39, 0.29) is 0 Å².